The molecule has 218 valence electrons. The van der Waals surface area contributed by atoms with E-state index in [1.807, 2.05) is 13.8 Å². The lowest BCUT2D eigenvalue weighted by Gasteiger charge is -2.25. The monoisotopic (exact) mass is 586 g/mol. The lowest BCUT2D eigenvalue weighted by molar-refractivity contribution is 0.0686. The predicted molar refractivity (Wildman–Crippen MR) is 165 cm³/mol. The lowest BCUT2D eigenvalue weighted by Crippen LogP contribution is -2.03. The van der Waals surface area contributed by atoms with Gasteiger partial charge in [-0.3, -0.25) is 0 Å². The Morgan fingerprint density at radius 3 is 0.636 bits per heavy atom. The maximum absolute atomic E-state index is 11.6. The number of hydrogen-bond donors (Lipinski definition) is 4. The molecule has 0 saturated heterocycles. The molecular weight excluding hydrogens is 560 g/mol. The summed E-state index contributed by atoms with van der Waals surface area (Å²) in [4.78, 5) is 46.4. The molecule has 0 aromatic heterocycles. The number of aromatic carboxylic acids is 4. The number of carbonyl (C=O) groups is 4. The van der Waals surface area contributed by atoms with Crippen molar-refractivity contribution in [1.82, 2.24) is 0 Å². The van der Waals surface area contributed by atoms with Gasteiger partial charge in [-0.25, -0.2) is 19.2 Å². The molecule has 0 atom stereocenters. The van der Waals surface area contributed by atoms with E-state index in [-0.39, 0.29) is 22.3 Å². The van der Waals surface area contributed by atoms with Gasteiger partial charge in [0.1, 0.15) is 0 Å². The minimum absolute atomic E-state index is 0.120. The summed E-state index contributed by atoms with van der Waals surface area (Å²) < 4.78 is 0. The summed E-state index contributed by atoms with van der Waals surface area (Å²) in [5.74, 6) is -4.25. The van der Waals surface area contributed by atoms with E-state index in [9.17, 15) is 39.6 Å². The molecular formula is C36H26O8. The summed E-state index contributed by atoms with van der Waals surface area (Å²) in [6, 6.07) is 25.9. The Kier molecular flexibility index (Phi) is 7.83. The van der Waals surface area contributed by atoms with E-state index >= 15 is 0 Å². The van der Waals surface area contributed by atoms with Crippen LogP contribution in [0.3, 0.4) is 0 Å². The first-order valence-corrected chi connectivity index (χ1v) is 13.5. The third kappa shape index (κ3) is 5.44. The third-order valence-corrected chi connectivity index (χ3v) is 7.68. The van der Waals surface area contributed by atoms with Crippen molar-refractivity contribution < 1.29 is 39.6 Å². The maximum Gasteiger partial charge on any atom is 0.335 e. The highest BCUT2D eigenvalue weighted by molar-refractivity contribution is 6.02. The molecule has 0 fully saturated rings. The second-order valence-corrected chi connectivity index (χ2v) is 10.3. The fourth-order valence-corrected chi connectivity index (χ4v) is 5.56. The Bertz CT molecular complexity index is 1650. The average Bonchev–Trinajstić information content (AvgIpc) is 3.01. The molecule has 5 rings (SSSR count). The van der Waals surface area contributed by atoms with Gasteiger partial charge in [0.25, 0.3) is 0 Å². The van der Waals surface area contributed by atoms with E-state index in [1.165, 1.54) is 48.5 Å². The SMILES string of the molecule is Cc1c(-c2ccc(C(=O)O)cc2)c(-c2ccc(C(=O)O)cc2)c(C)c(-c2ccc(C(=O)O)cc2)c1-c1ccc(C(=O)O)cc1. The van der Waals surface area contributed by atoms with Crippen LogP contribution in [0.1, 0.15) is 52.6 Å². The summed E-state index contributed by atoms with van der Waals surface area (Å²) in [5.41, 5.74) is 8.12. The van der Waals surface area contributed by atoms with Crippen molar-refractivity contribution in [1.29, 1.82) is 0 Å². The van der Waals surface area contributed by atoms with E-state index in [1.54, 1.807) is 48.5 Å². The Labute approximate surface area is 252 Å². The summed E-state index contributed by atoms with van der Waals surface area (Å²) >= 11 is 0. The zero-order valence-electron chi connectivity index (χ0n) is 23.7. The van der Waals surface area contributed by atoms with E-state index in [0.717, 1.165) is 55.6 Å². The van der Waals surface area contributed by atoms with Crippen LogP contribution in [0, 0.1) is 13.8 Å². The topological polar surface area (TPSA) is 149 Å². The first kappa shape index (κ1) is 29.5. The standard InChI is InChI=1S/C36H26O8/c1-19-29(21-3-11-25(12-4-21)33(37)38)31(23-7-15-27(16-8-23)35(41)42)20(2)32(24-9-17-28(18-10-24)36(43)44)30(19)22-5-13-26(14-6-22)34(39)40/h3-18H,1-2H3,(H,37,38)(H,39,40)(H,41,42)(H,43,44). The number of carboxylic acid groups (broad SMARTS) is 4. The molecule has 0 amide bonds. The molecule has 8 nitrogen and oxygen atoms in total. The summed E-state index contributed by atoms with van der Waals surface area (Å²) in [6.07, 6.45) is 0. The first-order valence-electron chi connectivity index (χ1n) is 13.5. The molecule has 0 heterocycles. The summed E-state index contributed by atoms with van der Waals surface area (Å²) in [5, 5.41) is 38.0. The second-order valence-electron chi connectivity index (χ2n) is 10.3. The van der Waals surface area contributed by atoms with Gasteiger partial charge in [0.2, 0.25) is 0 Å². The van der Waals surface area contributed by atoms with Crippen molar-refractivity contribution in [2.24, 2.45) is 0 Å². The quantitative estimate of drug-likeness (QED) is 0.144. The lowest BCUT2D eigenvalue weighted by atomic mass is 9.78. The van der Waals surface area contributed by atoms with Gasteiger partial charge in [-0.15, -0.1) is 0 Å². The minimum atomic E-state index is -1.06. The van der Waals surface area contributed by atoms with Gasteiger partial charge in [0, 0.05) is 0 Å². The van der Waals surface area contributed by atoms with Crippen molar-refractivity contribution >= 4 is 23.9 Å². The van der Waals surface area contributed by atoms with Crippen molar-refractivity contribution in [3.05, 3.63) is 130 Å². The molecule has 8 heteroatoms. The van der Waals surface area contributed by atoms with Gasteiger partial charge in [0.15, 0.2) is 0 Å². The molecule has 5 aromatic carbocycles. The van der Waals surface area contributed by atoms with Crippen molar-refractivity contribution in [2.75, 3.05) is 0 Å². The van der Waals surface area contributed by atoms with Gasteiger partial charge >= 0.3 is 23.9 Å². The molecule has 4 N–H and O–H groups in total. The molecule has 5 aromatic rings. The summed E-state index contributed by atoms with van der Waals surface area (Å²) in [6.45, 7) is 3.84. The molecule has 0 saturated carbocycles. The summed E-state index contributed by atoms with van der Waals surface area (Å²) in [7, 11) is 0. The third-order valence-electron chi connectivity index (χ3n) is 7.68. The maximum atomic E-state index is 11.6. The molecule has 0 aliphatic rings. The molecule has 0 unspecified atom stereocenters. The van der Waals surface area contributed by atoms with Gasteiger partial charge in [-0.2, -0.15) is 0 Å². The first-order chi connectivity index (χ1) is 21.0. The van der Waals surface area contributed by atoms with Gasteiger partial charge in [-0.05, 0) is 118 Å². The van der Waals surface area contributed by atoms with E-state index < -0.39 is 23.9 Å². The molecule has 44 heavy (non-hydrogen) atoms. The fraction of sp³-hybridized carbons (Fsp3) is 0.0556. The molecule has 0 radical (unpaired) electrons. The van der Waals surface area contributed by atoms with Crippen LogP contribution in [0.25, 0.3) is 44.5 Å². The minimum Gasteiger partial charge on any atom is -0.478 e. The highest BCUT2D eigenvalue weighted by Crippen LogP contribution is 2.48. The van der Waals surface area contributed by atoms with Crippen molar-refractivity contribution in [2.45, 2.75) is 13.8 Å². The smallest absolute Gasteiger partial charge is 0.335 e. The number of hydrogen-bond acceptors (Lipinski definition) is 4. The predicted octanol–water partition coefficient (Wildman–Crippen LogP) is 7.76. The molecule has 0 spiro atoms. The van der Waals surface area contributed by atoms with Crippen LogP contribution in [0.5, 0.6) is 0 Å². The van der Waals surface area contributed by atoms with Crippen LogP contribution in [0.15, 0.2) is 97.1 Å². The van der Waals surface area contributed by atoms with Crippen LogP contribution in [0.4, 0.5) is 0 Å². The average molecular weight is 587 g/mol. The van der Waals surface area contributed by atoms with Crippen LogP contribution in [-0.2, 0) is 0 Å². The van der Waals surface area contributed by atoms with E-state index in [2.05, 4.69) is 0 Å². The van der Waals surface area contributed by atoms with Crippen LogP contribution >= 0.6 is 0 Å². The van der Waals surface area contributed by atoms with Crippen molar-refractivity contribution in [3.8, 4) is 44.5 Å². The number of rotatable bonds is 8. The zero-order chi connectivity index (χ0) is 31.7. The van der Waals surface area contributed by atoms with E-state index in [0.29, 0.717) is 0 Å². The molecule has 0 aliphatic carbocycles. The molecule has 0 bridgehead atoms. The Balaban J connectivity index is 1.90. The number of benzene rings is 5. The van der Waals surface area contributed by atoms with Crippen LogP contribution in [-0.4, -0.2) is 44.3 Å². The van der Waals surface area contributed by atoms with Crippen molar-refractivity contribution in [3.63, 3.8) is 0 Å². The Morgan fingerprint density at radius 1 is 0.341 bits per heavy atom. The Morgan fingerprint density at radius 2 is 0.500 bits per heavy atom. The van der Waals surface area contributed by atoms with Crippen LogP contribution in [0.2, 0.25) is 0 Å². The van der Waals surface area contributed by atoms with Gasteiger partial charge in [-0.1, -0.05) is 48.5 Å². The highest BCUT2D eigenvalue weighted by atomic mass is 16.4. The zero-order valence-corrected chi connectivity index (χ0v) is 23.7. The molecule has 0 aliphatic heterocycles. The normalized spacial score (nSPS) is 10.8. The van der Waals surface area contributed by atoms with Gasteiger partial charge in [0.05, 0.1) is 22.3 Å². The second kappa shape index (κ2) is 11.7. The Hall–Kier alpha value is -6.02. The van der Waals surface area contributed by atoms with Gasteiger partial charge < -0.3 is 20.4 Å². The number of carboxylic acids is 4. The highest BCUT2D eigenvalue weighted by Gasteiger charge is 2.24. The van der Waals surface area contributed by atoms with Crippen LogP contribution < -0.4 is 0 Å². The van der Waals surface area contributed by atoms with E-state index in [4.69, 9.17) is 0 Å². The fourth-order valence-electron chi connectivity index (χ4n) is 5.56. The largest absolute Gasteiger partial charge is 0.478 e.